The number of hydrogen-bond acceptors (Lipinski definition) is 2. The summed E-state index contributed by atoms with van der Waals surface area (Å²) in [5, 5.41) is 13.1. The van der Waals surface area contributed by atoms with Gasteiger partial charge >= 0.3 is 0 Å². The van der Waals surface area contributed by atoms with E-state index < -0.39 is 0 Å². The largest absolute Gasteiger partial charge is 0.306 e. The molecule has 2 nitrogen and oxygen atoms in total. The Morgan fingerprint density at radius 1 is 1.20 bits per heavy atom. The predicted octanol–water partition coefficient (Wildman–Crippen LogP) is 4.37. The van der Waals surface area contributed by atoms with Crippen molar-refractivity contribution < 1.29 is 0 Å². The summed E-state index contributed by atoms with van der Waals surface area (Å²) in [6, 6.07) is 16.1. The molecule has 102 valence electrons. The Hall–Kier alpha value is -1.82. The molecule has 0 saturated heterocycles. The second-order valence-corrected chi connectivity index (χ2v) is 5.34. The lowest BCUT2D eigenvalue weighted by Crippen LogP contribution is -2.18. The smallest absolute Gasteiger partial charge is 0.0991 e. The highest BCUT2D eigenvalue weighted by Gasteiger charge is 2.06. The molecule has 0 fully saturated rings. The molecule has 1 atom stereocenters. The first kappa shape index (κ1) is 14.6. The van der Waals surface area contributed by atoms with Crippen LogP contribution in [0.15, 0.2) is 42.5 Å². The van der Waals surface area contributed by atoms with Crippen LogP contribution in [0.4, 0.5) is 0 Å². The third-order valence-corrected chi connectivity index (χ3v) is 3.69. The monoisotopic (exact) mass is 284 g/mol. The Morgan fingerprint density at radius 3 is 2.50 bits per heavy atom. The van der Waals surface area contributed by atoms with Crippen molar-refractivity contribution in [3.8, 4) is 6.07 Å². The standard InChI is InChI=1S/C17H17ClN2/c1-12-9-14(10-19)3-4-16(12)11-20-13(2)15-5-7-17(18)8-6-15/h3-9,13,20H,11H2,1-2H3/t13-/m0/s1. The lowest BCUT2D eigenvalue weighted by atomic mass is 10.0. The lowest BCUT2D eigenvalue weighted by molar-refractivity contribution is 0.573. The van der Waals surface area contributed by atoms with Crippen molar-refractivity contribution in [2.75, 3.05) is 0 Å². The summed E-state index contributed by atoms with van der Waals surface area (Å²) >= 11 is 5.89. The van der Waals surface area contributed by atoms with Crippen molar-refractivity contribution in [3.63, 3.8) is 0 Å². The fourth-order valence-corrected chi connectivity index (χ4v) is 2.22. The van der Waals surface area contributed by atoms with Gasteiger partial charge in [0.2, 0.25) is 0 Å². The summed E-state index contributed by atoms with van der Waals surface area (Å²) in [4.78, 5) is 0. The van der Waals surface area contributed by atoms with Crippen LogP contribution in [-0.4, -0.2) is 0 Å². The Balaban J connectivity index is 2.01. The van der Waals surface area contributed by atoms with E-state index in [9.17, 15) is 0 Å². The average molecular weight is 285 g/mol. The second-order valence-electron chi connectivity index (χ2n) is 4.91. The quantitative estimate of drug-likeness (QED) is 0.905. The number of hydrogen-bond donors (Lipinski definition) is 1. The molecule has 0 unspecified atom stereocenters. The molecule has 0 heterocycles. The SMILES string of the molecule is Cc1cc(C#N)ccc1CN[C@@H](C)c1ccc(Cl)cc1. The van der Waals surface area contributed by atoms with Crippen LogP contribution in [0.5, 0.6) is 0 Å². The number of aryl methyl sites for hydroxylation is 1. The molecule has 0 amide bonds. The highest BCUT2D eigenvalue weighted by molar-refractivity contribution is 6.30. The second kappa shape index (κ2) is 6.56. The lowest BCUT2D eigenvalue weighted by Gasteiger charge is -2.15. The van der Waals surface area contributed by atoms with E-state index in [0.29, 0.717) is 5.56 Å². The van der Waals surface area contributed by atoms with Crippen LogP contribution in [0.2, 0.25) is 5.02 Å². The van der Waals surface area contributed by atoms with Crippen molar-refractivity contribution in [2.24, 2.45) is 0 Å². The highest BCUT2D eigenvalue weighted by atomic mass is 35.5. The Kier molecular flexibility index (Phi) is 4.79. The summed E-state index contributed by atoms with van der Waals surface area (Å²) in [5.41, 5.74) is 4.27. The average Bonchev–Trinajstić information content (AvgIpc) is 2.46. The molecular weight excluding hydrogens is 268 g/mol. The number of nitrogens with zero attached hydrogens (tertiary/aromatic N) is 1. The molecular formula is C17H17ClN2. The van der Waals surface area contributed by atoms with E-state index in [4.69, 9.17) is 16.9 Å². The number of rotatable bonds is 4. The fraction of sp³-hybridized carbons (Fsp3) is 0.235. The molecule has 2 aromatic carbocycles. The summed E-state index contributed by atoms with van der Waals surface area (Å²) in [7, 11) is 0. The molecule has 0 aliphatic heterocycles. The zero-order chi connectivity index (χ0) is 14.5. The van der Waals surface area contributed by atoms with Gasteiger partial charge in [0.15, 0.2) is 0 Å². The zero-order valence-corrected chi connectivity index (χ0v) is 12.4. The van der Waals surface area contributed by atoms with E-state index in [2.05, 4.69) is 18.3 Å². The Bertz CT molecular complexity index is 626. The van der Waals surface area contributed by atoms with Crippen molar-refractivity contribution in [3.05, 3.63) is 69.7 Å². The molecule has 20 heavy (non-hydrogen) atoms. The van der Waals surface area contributed by atoms with Gasteiger partial charge in [-0.3, -0.25) is 0 Å². The molecule has 0 bridgehead atoms. The van der Waals surface area contributed by atoms with Crippen LogP contribution in [0.3, 0.4) is 0 Å². The summed E-state index contributed by atoms with van der Waals surface area (Å²) in [6.07, 6.45) is 0. The van der Waals surface area contributed by atoms with Crippen LogP contribution in [0.25, 0.3) is 0 Å². The molecule has 0 saturated carbocycles. The summed E-state index contributed by atoms with van der Waals surface area (Å²) in [5.74, 6) is 0. The molecule has 0 radical (unpaired) electrons. The van der Waals surface area contributed by atoms with E-state index in [1.54, 1.807) is 0 Å². The first-order valence-electron chi connectivity index (χ1n) is 6.58. The predicted molar refractivity (Wildman–Crippen MR) is 82.6 cm³/mol. The van der Waals surface area contributed by atoms with Crippen LogP contribution in [0.1, 0.15) is 35.2 Å². The van der Waals surface area contributed by atoms with Gasteiger partial charge in [0, 0.05) is 17.6 Å². The summed E-state index contributed by atoms with van der Waals surface area (Å²) in [6.45, 7) is 4.94. The van der Waals surface area contributed by atoms with Crippen LogP contribution < -0.4 is 5.32 Å². The third-order valence-electron chi connectivity index (χ3n) is 3.44. The normalized spacial score (nSPS) is 11.9. The van der Waals surface area contributed by atoms with Gasteiger partial charge in [-0.25, -0.2) is 0 Å². The molecule has 0 aliphatic rings. The maximum atomic E-state index is 8.87. The first-order valence-corrected chi connectivity index (χ1v) is 6.96. The number of benzene rings is 2. The van der Waals surface area contributed by atoms with Crippen molar-refractivity contribution >= 4 is 11.6 Å². The molecule has 2 rings (SSSR count). The summed E-state index contributed by atoms with van der Waals surface area (Å²) < 4.78 is 0. The van der Waals surface area contributed by atoms with Gasteiger partial charge in [0.1, 0.15) is 0 Å². The van der Waals surface area contributed by atoms with E-state index in [1.807, 2.05) is 49.4 Å². The minimum atomic E-state index is 0.252. The van der Waals surface area contributed by atoms with Crippen molar-refractivity contribution in [2.45, 2.75) is 26.4 Å². The van der Waals surface area contributed by atoms with Crippen molar-refractivity contribution in [1.82, 2.24) is 5.32 Å². The number of halogens is 1. The zero-order valence-electron chi connectivity index (χ0n) is 11.7. The maximum absolute atomic E-state index is 8.87. The highest BCUT2D eigenvalue weighted by Crippen LogP contribution is 2.17. The molecule has 0 aromatic heterocycles. The third kappa shape index (κ3) is 3.60. The van der Waals surface area contributed by atoms with E-state index in [0.717, 1.165) is 17.1 Å². The van der Waals surface area contributed by atoms with E-state index in [1.165, 1.54) is 11.1 Å². The Morgan fingerprint density at radius 2 is 1.90 bits per heavy atom. The minimum Gasteiger partial charge on any atom is -0.306 e. The molecule has 1 N–H and O–H groups in total. The Labute approximate surface area is 125 Å². The van der Waals surface area contributed by atoms with Crippen LogP contribution in [0, 0.1) is 18.3 Å². The van der Waals surface area contributed by atoms with Gasteiger partial charge in [-0.15, -0.1) is 0 Å². The maximum Gasteiger partial charge on any atom is 0.0991 e. The molecule has 3 heteroatoms. The van der Waals surface area contributed by atoms with Gasteiger partial charge in [-0.05, 0) is 54.8 Å². The van der Waals surface area contributed by atoms with E-state index >= 15 is 0 Å². The molecule has 0 spiro atoms. The van der Waals surface area contributed by atoms with Gasteiger partial charge in [-0.1, -0.05) is 29.8 Å². The fourth-order valence-electron chi connectivity index (χ4n) is 2.10. The van der Waals surface area contributed by atoms with E-state index in [-0.39, 0.29) is 6.04 Å². The molecule has 2 aromatic rings. The van der Waals surface area contributed by atoms with Gasteiger partial charge < -0.3 is 5.32 Å². The number of nitrogens with one attached hydrogen (secondary N) is 1. The topological polar surface area (TPSA) is 35.8 Å². The van der Waals surface area contributed by atoms with Crippen LogP contribution >= 0.6 is 11.6 Å². The van der Waals surface area contributed by atoms with Gasteiger partial charge in [0.25, 0.3) is 0 Å². The molecule has 0 aliphatic carbocycles. The number of nitriles is 1. The van der Waals surface area contributed by atoms with Gasteiger partial charge in [-0.2, -0.15) is 5.26 Å². The van der Waals surface area contributed by atoms with Crippen molar-refractivity contribution in [1.29, 1.82) is 5.26 Å². The van der Waals surface area contributed by atoms with Crippen LogP contribution in [-0.2, 0) is 6.54 Å². The first-order chi connectivity index (χ1) is 9.60. The minimum absolute atomic E-state index is 0.252. The van der Waals surface area contributed by atoms with Gasteiger partial charge in [0.05, 0.1) is 11.6 Å².